The fourth-order valence-electron chi connectivity index (χ4n) is 16.0. The normalized spacial score (nSPS) is 46.2. The minimum atomic E-state index is 0.627. The van der Waals surface area contributed by atoms with Crippen LogP contribution in [0.25, 0.3) is 0 Å². The van der Waals surface area contributed by atoms with Crippen molar-refractivity contribution in [2.45, 2.75) is 164 Å². The molecule has 0 aromatic rings. The summed E-state index contributed by atoms with van der Waals surface area (Å²) in [5, 5.41) is 0.673. The zero-order valence-electron chi connectivity index (χ0n) is 34.8. The molecule has 1 saturated carbocycles. The zero-order valence-corrected chi connectivity index (χ0v) is 35.6. The molecule has 2 nitrogen and oxygen atoms in total. The molecule has 15 unspecified atom stereocenters. The first kappa shape index (κ1) is 36.6. The lowest BCUT2D eigenvalue weighted by Gasteiger charge is -2.45. The van der Waals surface area contributed by atoms with Crippen molar-refractivity contribution in [2.24, 2.45) is 59.2 Å². The van der Waals surface area contributed by atoms with E-state index in [1.165, 1.54) is 128 Å². The van der Waals surface area contributed by atoms with Gasteiger partial charge in [0.1, 0.15) is 0 Å². The molecule has 0 N–H and O–H groups in total. The lowest BCUT2D eigenvalue weighted by atomic mass is 9.67. The van der Waals surface area contributed by atoms with E-state index in [2.05, 4.69) is 107 Å². The van der Waals surface area contributed by atoms with Gasteiger partial charge in [-0.25, -0.2) is 0 Å². The molecule has 0 bridgehead atoms. The highest BCUT2D eigenvalue weighted by Gasteiger charge is 2.56. The van der Waals surface area contributed by atoms with E-state index in [4.69, 9.17) is 0 Å². The monoisotopic (exact) mass is 779 g/mol. The van der Waals surface area contributed by atoms with Crippen LogP contribution < -0.4 is 0 Å². The van der Waals surface area contributed by atoms with Crippen LogP contribution in [0, 0.1) is 59.2 Å². The van der Waals surface area contributed by atoms with E-state index in [0.29, 0.717) is 70.8 Å². The van der Waals surface area contributed by atoms with E-state index in [1.807, 2.05) is 16.1 Å². The number of fused-ring (bicyclic) bond motifs is 9. The SMILES string of the molecule is C1=CC(N2C3CCC=CC3C3C=CCC(C4=CC5C6C=CCCC6N(C6=C7SC8C=CCCC8C7C(C7=CC(C8CCCCC8)CCC7)C=C6)C5CC4)C32)CCC1. The number of thioether (sulfide) groups is 1. The van der Waals surface area contributed by atoms with Gasteiger partial charge in [0.25, 0.3) is 0 Å². The van der Waals surface area contributed by atoms with E-state index < -0.39 is 0 Å². The Hall–Kier alpha value is -2.23. The Kier molecular flexibility index (Phi) is 9.86. The van der Waals surface area contributed by atoms with Crippen molar-refractivity contribution in [2.75, 3.05) is 0 Å². The molecule has 4 fully saturated rings. The molecule has 0 aromatic heterocycles. The van der Waals surface area contributed by atoms with Gasteiger partial charge in [-0.2, -0.15) is 0 Å². The van der Waals surface area contributed by atoms with Crippen molar-refractivity contribution in [1.29, 1.82) is 0 Å². The molecule has 0 radical (unpaired) electrons. The lowest BCUT2D eigenvalue weighted by Crippen LogP contribution is -2.49. The summed E-state index contributed by atoms with van der Waals surface area (Å²) >= 11 is 2.32. The predicted octanol–water partition coefficient (Wildman–Crippen LogP) is 13.1. The van der Waals surface area contributed by atoms with Crippen LogP contribution in [0.1, 0.15) is 128 Å². The van der Waals surface area contributed by atoms with E-state index in [9.17, 15) is 0 Å². The van der Waals surface area contributed by atoms with Crippen LogP contribution in [0.3, 0.4) is 0 Å². The van der Waals surface area contributed by atoms with Crippen molar-refractivity contribution in [3.8, 4) is 0 Å². The molecule has 3 heterocycles. The first-order valence-electron chi connectivity index (χ1n) is 24.7. The summed E-state index contributed by atoms with van der Waals surface area (Å²) in [4.78, 5) is 8.05. The third-order valence-corrected chi connectivity index (χ3v) is 19.9. The van der Waals surface area contributed by atoms with Gasteiger partial charge >= 0.3 is 0 Å². The Morgan fingerprint density at radius 3 is 2.23 bits per heavy atom. The van der Waals surface area contributed by atoms with Gasteiger partial charge in [0.15, 0.2) is 0 Å². The molecule has 9 aliphatic carbocycles. The largest absolute Gasteiger partial charge is 0.364 e. The number of rotatable bonds is 5. The van der Waals surface area contributed by atoms with Gasteiger partial charge in [0, 0.05) is 81.6 Å². The van der Waals surface area contributed by atoms with E-state index >= 15 is 0 Å². The number of allylic oxidation sites excluding steroid dienone is 10. The molecule has 0 spiro atoms. The molecular formula is C54H70N2S. The van der Waals surface area contributed by atoms with Crippen LogP contribution >= 0.6 is 11.8 Å². The van der Waals surface area contributed by atoms with Crippen molar-refractivity contribution in [3.63, 3.8) is 0 Å². The molecule has 0 aromatic carbocycles. The Bertz CT molecular complexity index is 1830. The van der Waals surface area contributed by atoms with Crippen LogP contribution in [0.2, 0.25) is 0 Å². The van der Waals surface area contributed by atoms with Crippen LogP contribution in [0.15, 0.2) is 107 Å². The minimum absolute atomic E-state index is 0.627. The summed E-state index contributed by atoms with van der Waals surface area (Å²) in [5.41, 5.74) is 5.37. The standard InChI is InChI=1S/C54H70N2S/c1-3-15-35(16-4-1)36-17-13-18-37(33-36)40-30-32-50(54-52(40)45-23-9-12-28-51(45)57-54)56-48-27-11-8-22-43(48)46-34-38(29-31-49(46)56)41-24-14-25-44-42-21-7-10-26-47(42)55(53(41)44)39-19-5-2-6-20-39/h5,7-8,12,14,19,21-22,25,28,30,32-36,39-49,51-53H,1-4,6,9-11,13,15-18,20,23-24,26-27,29,31H2. The fourth-order valence-corrected chi connectivity index (χ4v) is 17.8. The summed E-state index contributed by atoms with van der Waals surface area (Å²) in [7, 11) is 0. The Balaban J connectivity index is 0.880. The molecule has 3 saturated heterocycles. The van der Waals surface area contributed by atoms with Crippen LogP contribution in [-0.4, -0.2) is 45.3 Å². The molecule has 15 atom stereocenters. The maximum atomic E-state index is 3.13. The summed E-state index contributed by atoms with van der Waals surface area (Å²) in [6, 6.07) is 3.32. The summed E-state index contributed by atoms with van der Waals surface area (Å²) in [6.45, 7) is 0. The van der Waals surface area contributed by atoms with Gasteiger partial charge in [-0.05, 0) is 139 Å². The zero-order chi connectivity index (χ0) is 37.5. The second-order valence-corrected chi connectivity index (χ2v) is 22.2. The third kappa shape index (κ3) is 6.17. The van der Waals surface area contributed by atoms with Gasteiger partial charge < -0.3 is 4.90 Å². The lowest BCUT2D eigenvalue weighted by molar-refractivity contribution is 0.0959. The highest BCUT2D eigenvalue weighted by Crippen LogP contribution is 2.61. The van der Waals surface area contributed by atoms with E-state index in [1.54, 1.807) is 5.70 Å². The highest BCUT2D eigenvalue weighted by atomic mass is 32.2. The van der Waals surface area contributed by atoms with Crippen molar-refractivity contribution >= 4 is 11.8 Å². The van der Waals surface area contributed by atoms with Crippen molar-refractivity contribution in [1.82, 2.24) is 9.80 Å². The third-order valence-electron chi connectivity index (χ3n) is 18.4. The molecule has 3 aliphatic heterocycles. The average Bonchev–Trinajstić information content (AvgIpc) is 3.95. The Labute approximate surface area is 349 Å². The van der Waals surface area contributed by atoms with Crippen LogP contribution in [-0.2, 0) is 0 Å². The second kappa shape index (κ2) is 15.3. The number of hydrogen-bond donors (Lipinski definition) is 0. The smallest absolute Gasteiger partial charge is 0.0468 e. The molecule has 0 amide bonds. The first-order valence-corrected chi connectivity index (χ1v) is 25.6. The number of nitrogens with zero attached hydrogens (tertiary/aromatic N) is 2. The van der Waals surface area contributed by atoms with Gasteiger partial charge in [-0.3, -0.25) is 4.90 Å². The Morgan fingerprint density at radius 2 is 1.35 bits per heavy atom. The van der Waals surface area contributed by atoms with Crippen molar-refractivity contribution < 1.29 is 0 Å². The maximum Gasteiger partial charge on any atom is 0.0468 e. The topological polar surface area (TPSA) is 6.48 Å². The van der Waals surface area contributed by atoms with Crippen LogP contribution in [0.5, 0.6) is 0 Å². The summed E-state index contributed by atoms with van der Waals surface area (Å²) < 4.78 is 0. The van der Waals surface area contributed by atoms with Gasteiger partial charge in [-0.1, -0.05) is 109 Å². The maximum absolute atomic E-state index is 3.13. The molecule has 12 rings (SSSR count). The average molecular weight is 779 g/mol. The van der Waals surface area contributed by atoms with Gasteiger partial charge in [0.2, 0.25) is 0 Å². The predicted molar refractivity (Wildman–Crippen MR) is 239 cm³/mol. The summed E-state index contributed by atoms with van der Waals surface area (Å²) in [5.74, 6) is 7.28. The molecular weight excluding hydrogens is 709 g/mol. The first-order chi connectivity index (χ1) is 28.3. The molecule has 12 aliphatic rings. The second-order valence-electron chi connectivity index (χ2n) is 21.0. The van der Waals surface area contributed by atoms with Crippen molar-refractivity contribution in [3.05, 3.63) is 107 Å². The highest BCUT2D eigenvalue weighted by molar-refractivity contribution is 8.04. The van der Waals surface area contributed by atoms with E-state index in [0.717, 1.165) is 23.8 Å². The van der Waals surface area contributed by atoms with E-state index in [-0.39, 0.29) is 0 Å². The van der Waals surface area contributed by atoms with Gasteiger partial charge in [-0.15, -0.1) is 11.8 Å². The quantitative estimate of drug-likeness (QED) is 0.257. The Morgan fingerprint density at radius 1 is 0.561 bits per heavy atom. The molecule has 57 heavy (non-hydrogen) atoms. The minimum Gasteiger partial charge on any atom is -0.364 e. The van der Waals surface area contributed by atoms with Gasteiger partial charge in [0.05, 0.1) is 0 Å². The number of hydrogen-bond acceptors (Lipinski definition) is 3. The number of likely N-dealkylation sites (tertiary alicyclic amines) is 2. The molecule has 302 valence electrons. The fraction of sp³-hybridized carbons (Fsp3) is 0.667. The van der Waals surface area contributed by atoms with Crippen LogP contribution in [0.4, 0.5) is 0 Å². The summed E-state index contributed by atoms with van der Waals surface area (Å²) in [6.07, 6.45) is 64.8. The molecule has 3 heteroatoms.